The van der Waals surface area contributed by atoms with Gasteiger partial charge in [0.2, 0.25) is 0 Å². The van der Waals surface area contributed by atoms with Gasteiger partial charge in [-0.25, -0.2) is 0 Å². The Labute approximate surface area is 314 Å². The molecule has 4 aromatic rings. The highest BCUT2D eigenvalue weighted by atomic mass is 32.1. The van der Waals surface area contributed by atoms with E-state index in [4.69, 9.17) is 50.5 Å². The summed E-state index contributed by atoms with van der Waals surface area (Å²) in [7, 11) is 0. The molecule has 0 saturated heterocycles. The Morgan fingerprint density at radius 2 is 0.417 bits per heavy atom. The SMILES string of the molecule is CC(C)(C)c1cc2c(S)c(c1)Cc1cc(C(C)(C)C)cc(c1S)Cc1cc(C(C)(C)C)cc(c1S)Cc1cc(C(C)(C)C)cc(c1S)C2. The molecular weight excluding hydrogens is 657 g/mol. The average Bonchev–Trinajstić information content (AvgIpc) is 2.93. The summed E-state index contributed by atoms with van der Waals surface area (Å²) in [5, 5.41) is 0. The fourth-order valence-electron chi connectivity index (χ4n) is 6.67. The van der Waals surface area contributed by atoms with Crippen LogP contribution < -0.4 is 0 Å². The first-order valence-corrected chi connectivity index (χ1v) is 19.1. The van der Waals surface area contributed by atoms with Crippen molar-refractivity contribution in [1.29, 1.82) is 0 Å². The molecule has 4 heteroatoms. The average molecular weight is 713 g/mol. The van der Waals surface area contributed by atoms with Gasteiger partial charge in [0.15, 0.2) is 0 Å². The van der Waals surface area contributed by atoms with E-state index in [9.17, 15) is 0 Å². The quantitative estimate of drug-likeness (QED) is 0.113. The van der Waals surface area contributed by atoms with Crippen LogP contribution in [0.25, 0.3) is 0 Å². The van der Waals surface area contributed by atoms with E-state index in [2.05, 4.69) is 132 Å². The van der Waals surface area contributed by atoms with Gasteiger partial charge in [-0.3, -0.25) is 0 Å². The summed E-state index contributed by atoms with van der Waals surface area (Å²) in [6.45, 7) is 27.7. The minimum absolute atomic E-state index is 0.00724. The fraction of sp³-hybridized carbons (Fsp3) is 0.455. The van der Waals surface area contributed by atoms with Gasteiger partial charge < -0.3 is 0 Å². The summed E-state index contributed by atoms with van der Waals surface area (Å²) >= 11 is 21.2. The normalized spacial score (nSPS) is 14.3. The van der Waals surface area contributed by atoms with Crippen molar-refractivity contribution < 1.29 is 0 Å². The first kappa shape index (κ1) is 37.5. The highest BCUT2D eigenvalue weighted by Gasteiger charge is 2.26. The van der Waals surface area contributed by atoms with Gasteiger partial charge in [-0.15, -0.1) is 50.5 Å². The van der Waals surface area contributed by atoms with E-state index in [1.54, 1.807) is 0 Å². The Bertz CT molecular complexity index is 1510. The highest BCUT2D eigenvalue weighted by Crippen LogP contribution is 2.40. The molecule has 256 valence electrons. The molecule has 0 atom stereocenters. The molecule has 4 aromatic carbocycles. The third-order valence-electron chi connectivity index (χ3n) is 10.1. The molecule has 8 bridgehead atoms. The van der Waals surface area contributed by atoms with Crippen LogP contribution in [0.2, 0.25) is 0 Å². The van der Waals surface area contributed by atoms with Gasteiger partial charge in [-0.2, -0.15) is 0 Å². The minimum atomic E-state index is -0.00724. The smallest absolute Gasteiger partial charge is 0.0111 e. The second kappa shape index (κ2) is 13.1. The van der Waals surface area contributed by atoms with Crippen molar-refractivity contribution in [2.24, 2.45) is 0 Å². The van der Waals surface area contributed by atoms with Crippen molar-refractivity contribution in [2.45, 2.75) is 150 Å². The van der Waals surface area contributed by atoms with E-state index in [1.165, 1.54) is 66.8 Å². The van der Waals surface area contributed by atoms with Crippen LogP contribution >= 0.6 is 50.5 Å². The predicted octanol–water partition coefficient (Wildman–Crippen LogP) is 12.7. The number of hydrogen-bond acceptors (Lipinski definition) is 4. The lowest BCUT2D eigenvalue weighted by atomic mass is 9.80. The monoisotopic (exact) mass is 712 g/mol. The van der Waals surface area contributed by atoms with Gasteiger partial charge in [0.1, 0.15) is 0 Å². The molecular formula is C44H56S4. The molecule has 0 radical (unpaired) electrons. The summed E-state index contributed by atoms with van der Waals surface area (Å²) < 4.78 is 0. The minimum Gasteiger partial charge on any atom is -0.143 e. The van der Waals surface area contributed by atoms with Crippen LogP contribution in [0.15, 0.2) is 68.1 Å². The zero-order chi connectivity index (χ0) is 35.7. The van der Waals surface area contributed by atoms with Gasteiger partial charge in [0.25, 0.3) is 0 Å². The third kappa shape index (κ3) is 7.93. The number of benzene rings is 4. The molecule has 0 aromatic heterocycles. The van der Waals surface area contributed by atoms with Crippen LogP contribution in [-0.4, -0.2) is 0 Å². The molecule has 0 nitrogen and oxygen atoms in total. The number of hydrogen-bond donors (Lipinski definition) is 4. The fourth-order valence-corrected chi connectivity index (χ4v) is 7.82. The summed E-state index contributed by atoms with van der Waals surface area (Å²) in [6.07, 6.45) is 3.09. The maximum absolute atomic E-state index is 5.29. The van der Waals surface area contributed by atoms with Crippen molar-refractivity contribution in [3.8, 4) is 0 Å². The topological polar surface area (TPSA) is 0 Å². The lowest BCUT2D eigenvalue weighted by Crippen LogP contribution is -2.16. The number of rotatable bonds is 0. The van der Waals surface area contributed by atoms with Crippen LogP contribution in [0.3, 0.4) is 0 Å². The molecule has 5 rings (SSSR count). The third-order valence-corrected chi connectivity index (χ3v) is 12.4. The van der Waals surface area contributed by atoms with E-state index >= 15 is 0 Å². The molecule has 0 saturated carbocycles. The zero-order valence-corrected chi connectivity index (χ0v) is 34.8. The van der Waals surface area contributed by atoms with Crippen LogP contribution in [0, 0.1) is 0 Å². The Balaban J connectivity index is 1.89. The zero-order valence-electron chi connectivity index (χ0n) is 31.2. The predicted molar refractivity (Wildman–Crippen MR) is 221 cm³/mol. The molecule has 48 heavy (non-hydrogen) atoms. The molecule has 0 heterocycles. The van der Waals surface area contributed by atoms with E-state index in [0.29, 0.717) is 0 Å². The van der Waals surface area contributed by atoms with E-state index in [-0.39, 0.29) is 21.7 Å². The van der Waals surface area contributed by atoms with Gasteiger partial charge in [0, 0.05) is 19.6 Å². The van der Waals surface area contributed by atoms with E-state index < -0.39 is 0 Å². The molecule has 1 aliphatic carbocycles. The van der Waals surface area contributed by atoms with Crippen molar-refractivity contribution in [3.05, 3.63) is 115 Å². The summed E-state index contributed by atoms with van der Waals surface area (Å²) in [6, 6.07) is 19.1. The van der Waals surface area contributed by atoms with Crippen LogP contribution in [-0.2, 0) is 47.3 Å². The van der Waals surface area contributed by atoms with Crippen LogP contribution in [0.4, 0.5) is 0 Å². The van der Waals surface area contributed by atoms with Crippen molar-refractivity contribution in [1.82, 2.24) is 0 Å². The van der Waals surface area contributed by atoms with Gasteiger partial charge in [-0.05, 0) is 114 Å². The summed E-state index contributed by atoms with van der Waals surface area (Å²) in [4.78, 5) is 4.27. The summed E-state index contributed by atoms with van der Waals surface area (Å²) in [5.41, 5.74) is 15.3. The first-order chi connectivity index (χ1) is 21.9. The first-order valence-electron chi connectivity index (χ1n) is 17.3. The molecule has 0 unspecified atom stereocenters. The second-order valence-electron chi connectivity index (χ2n) is 18.3. The highest BCUT2D eigenvalue weighted by molar-refractivity contribution is 7.81. The van der Waals surface area contributed by atoms with Crippen molar-refractivity contribution in [2.75, 3.05) is 0 Å². The van der Waals surface area contributed by atoms with E-state index in [0.717, 1.165) is 45.3 Å². The van der Waals surface area contributed by atoms with Crippen molar-refractivity contribution in [3.63, 3.8) is 0 Å². The van der Waals surface area contributed by atoms with Crippen LogP contribution in [0.1, 0.15) is 150 Å². The Hall–Kier alpha value is -1.72. The van der Waals surface area contributed by atoms with Gasteiger partial charge in [-0.1, -0.05) is 132 Å². The largest absolute Gasteiger partial charge is 0.143 e. The lowest BCUT2D eigenvalue weighted by Gasteiger charge is -2.27. The standard InChI is InChI=1S/C44H56S4/c1-41(2,3)33-17-25-13-27-19-34(42(4,5)6)21-29(38(27)46)15-31-23-36(44(10,11)12)24-32(40(31)48)16-30-22-35(43(7,8)9)20-28(39(30)47)14-26(18-33)37(25)45/h17-24,45-48H,13-16H2,1-12H3. The molecule has 0 fully saturated rings. The van der Waals surface area contributed by atoms with Gasteiger partial charge in [0.05, 0.1) is 0 Å². The Morgan fingerprint density at radius 3 is 0.521 bits per heavy atom. The molecule has 0 aliphatic heterocycles. The maximum Gasteiger partial charge on any atom is 0.0111 e. The van der Waals surface area contributed by atoms with Crippen LogP contribution in [0.5, 0.6) is 0 Å². The molecule has 0 spiro atoms. The Morgan fingerprint density at radius 1 is 0.292 bits per heavy atom. The second-order valence-corrected chi connectivity index (χ2v) is 20.1. The molecule has 0 N–H and O–H groups in total. The Kier molecular flexibility index (Phi) is 10.3. The number of thiol groups is 4. The molecule has 1 aliphatic rings. The lowest BCUT2D eigenvalue weighted by molar-refractivity contribution is 0.585. The van der Waals surface area contributed by atoms with Crippen molar-refractivity contribution >= 4 is 50.5 Å². The van der Waals surface area contributed by atoms with E-state index in [1.807, 2.05) is 0 Å². The molecule has 0 amide bonds. The maximum atomic E-state index is 5.29. The number of fused-ring (bicyclic) bond motifs is 8. The summed E-state index contributed by atoms with van der Waals surface area (Å²) in [5.74, 6) is 0. The van der Waals surface area contributed by atoms with Gasteiger partial charge >= 0.3 is 0 Å².